The summed E-state index contributed by atoms with van der Waals surface area (Å²) in [5.74, 6) is 0.425. The molecule has 2 rings (SSSR count). The molecule has 1 aromatic carbocycles. The zero-order chi connectivity index (χ0) is 13.8. The maximum absolute atomic E-state index is 11.0. The second-order valence-electron chi connectivity index (χ2n) is 4.50. The highest BCUT2D eigenvalue weighted by molar-refractivity contribution is 5.94. The molecule has 1 aromatic heterocycles. The predicted molar refractivity (Wildman–Crippen MR) is 74.9 cm³/mol. The summed E-state index contributed by atoms with van der Waals surface area (Å²) in [6, 6.07) is 8.93. The summed E-state index contributed by atoms with van der Waals surface area (Å²) < 4.78 is 5.29. The molecular weight excluding hydrogens is 242 g/mol. The third-order valence-electron chi connectivity index (χ3n) is 2.83. The Kier molecular flexibility index (Phi) is 3.75. The average Bonchev–Trinajstić information content (AvgIpc) is 2.84. The summed E-state index contributed by atoms with van der Waals surface area (Å²) in [7, 11) is 0. The number of benzene rings is 1. The van der Waals surface area contributed by atoms with Gasteiger partial charge in [-0.2, -0.15) is 0 Å². The van der Waals surface area contributed by atoms with Crippen LogP contribution in [0.2, 0.25) is 0 Å². The fourth-order valence-electron chi connectivity index (χ4n) is 1.89. The number of furan rings is 1. The molecule has 1 heterocycles. The molecule has 5 N–H and O–H groups in total. The average molecular weight is 259 g/mol. The minimum absolute atomic E-state index is 0.160. The van der Waals surface area contributed by atoms with Gasteiger partial charge < -0.3 is 21.2 Å². The minimum Gasteiger partial charge on any atom is -0.469 e. The van der Waals surface area contributed by atoms with Crippen LogP contribution in [0.1, 0.15) is 23.0 Å². The summed E-state index contributed by atoms with van der Waals surface area (Å²) in [4.78, 5) is 11.0. The molecule has 0 aliphatic heterocycles. The van der Waals surface area contributed by atoms with Crippen molar-refractivity contribution in [3.05, 3.63) is 47.9 Å². The van der Waals surface area contributed by atoms with E-state index in [-0.39, 0.29) is 6.04 Å². The van der Waals surface area contributed by atoms with Crippen molar-refractivity contribution < 1.29 is 9.21 Å². The fraction of sp³-hybridized carbons (Fsp3) is 0.214. The van der Waals surface area contributed by atoms with E-state index in [0.29, 0.717) is 11.3 Å². The molecule has 1 atom stereocenters. The molecule has 0 saturated heterocycles. The van der Waals surface area contributed by atoms with E-state index < -0.39 is 5.91 Å². The topological polar surface area (TPSA) is 94.3 Å². The van der Waals surface area contributed by atoms with E-state index in [1.807, 2.05) is 19.1 Å². The number of hydrogen-bond acceptors (Lipinski definition) is 4. The van der Waals surface area contributed by atoms with Crippen LogP contribution in [0.5, 0.6) is 0 Å². The largest absolute Gasteiger partial charge is 0.469 e. The quantitative estimate of drug-likeness (QED) is 0.716. The van der Waals surface area contributed by atoms with E-state index in [0.717, 1.165) is 17.9 Å². The van der Waals surface area contributed by atoms with Gasteiger partial charge in [-0.05, 0) is 37.3 Å². The van der Waals surface area contributed by atoms with Crippen LogP contribution in [-0.2, 0) is 6.42 Å². The van der Waals surface area contributed by atoms with Gasteiger partial charge in [0.2, 0.25) is 5.91 Å². The molecule has 19 heavy (non-hydrogen) atoms. The third-order valence-corrected chi connectivity index (χ3v) is 2.83. The van der Waals surface area contributed by atoms with Gasteiger partial charge >= 0.3 is 0 Å². The summed E-state index contributed by atoms with van der Waals surface area (Å²) in [5, 5.41) is 3.28. The number of nitrogens with one attached hydrogen (secondary N) is 1. The zero-order valence-corrected chi connectivity index (χ0v) is 10.7. The number of hydrogen-bond donors (Lipinski definition) is 3. The van der Waals surface area contributed by atoms with Gasteiger partial charge in [-0.25, -0.2) is 0 Å². The molecular formula is C14H17N3O2. The van der Waals surface area contributed by atoms with Crippen molar-refractivity contribution in [3.8, 4) is 0 Å². The van der Waals surface area contributed by atoms with E-state index in [1.54, 1.807) is 24.5 Å². The van der Waals surface area contributed by atoms with Crippen molar-refractivity contribution in [3.63, 3.8) is 0 Å². The van der Waals surface area contributed by atoms with Crippen molar-refractivity contribution in [1.29, 1.82) is 0 Å². The lowest BCUT2D eigenvalue weighted by Crippen LogP contribution is -2.19. The van der Waals surface area contributed by atoms with Crippen LogP contribution in [0.4, 0.5) is 11.4 Å². The lowest BCUT2D eigenvalue weighted by Gasteiger charge is -2.16. The number of nitrogens with two attached hydrogens (primary N) is 2. The first-order chi connectivity index (χ1) is 9.06. The summed E-state index contributed by atoms with van der Waals surface area (Å²) in [6.07, 6.45) is 2.40. The molecule has 0 saturated carbocycles. The SMILES string of the molecule is CC(Cc1ccco1)Nc1ccc(C(N)=O)cc1N. The van der Waals surface area contributed by atoms with Crippen LogP contribution < -0.4 is 16.8 Å². The van der Waals surface area contributed by atoms with Gasteiger partial charge in [0, 0.05) is 18.0 Å². The molecule has 0 aliphatic rings. The third kappa shape index (κ3) is 3.28. The van der Waals surface area contributed by atoms with Crippen molar-refractivity contribution in [2.24, 2.45) is 5.73 Å². The van der Waals surface area contributed by atoms with Crippen LogP contribution >= 0.6 is 0 Å². The number of rotatable bonds is 5. The monoisotopic (exact) mass is 259 g/mol. The fourth-order valence-corrected chi connectivity index (χ4v) is 1.89. The summed E-state index contributed by atoms with van der Waals surface area (Å²) in [5.41, 5.74) is 12.8. The number of primary amides is 1. The van der Waals surface area contributed by atoms with Crippen molar-refractivity contribution in [1.82, 2.24) is 0 Å². The Morgan fingerprint density at radius 3 is 2.79 bits per heavy atom. The van der Waals surface area contributed by atoms with Gasteiger partial charge in [0.25, 0.3) is 0 Å². The van der Waals surface area contributed by atoms with E-state index in [9.17, 15) is 4.79 Å². The van der Waals surface area contributed by atoms with Crippen LogP contribution in [-0.4, -0.2) is 11.9 Å². The van der Waals surface area contributed by atoms with Crippen LogP contribution in [0, 0.1) is 0 Å². The highest BCUT2D eigenvalue weighted by atomic mass is 16.3. The molecule has 5 heteroatoms. The van der Waals surface area contributed by atoms with Gasteiger partial charge in [0.15, 0.2) is 0 Å². The Morgan fingerprint density at radius 2 is 2.21 bits per heavy atom. The number of amides is 1. The highest BCUT2D eigenvalue weighted by Gasteiger charge is 2.09. The summed E-state index contributed by atoms with van der Waals surface area (Å²) >= 11 is 0. The Labute approximate surface area is 111 Å². The van der Waals surface area contributed by atoms with Crippen molar-refractivity contribution in [2.45, 2.75) is 19.4 Å². The van der Waals surface area contributed by atoms with Crippen LogP contribution in [0.3, 0.4) is 0 Å². The molecule has 100 valence electrons. The van der Waals surface area contributed by atoms with Gasteiger partial charge in [-0.3, -0.25) is 4.79 Å². The Balaban J connectivity index is 2.04. The van der Waals surface area contributed by atoms with Gasteiger partial charge in [0.1, 0.15) is 5.76 Å². The second kappa shape index (κ2) is 5.48. The van der Waals surface area contributed by atoms with Gasteiger partial charge in [-0.15, -0.1) is 0 Å². The summed E-state index contributed by atoms with van der Waals surface area (Å²) in [6.45, 7) is 2.03. The Hall–Kier alpha value is -2.43. The van der Waals surface area contributed by atoms with E-state index in [1.165, 1.54) is 0 Å². The molecule has 1 amide bonds. The molecule has 5 nitrogen and oxygen atoms in total. The minimum atomic E-state index is -0.484. The van der Waals surface area contributed by atoms with E-state index >= 15 is 0 Å². The lowest BCUT2D eigenvalue weighted by atomic mass is 10.1. The van der Waals surface area contributed by atoms with Gasteiger partial charge in [-0.1, -0.05) is 0 Å². The van der Waals surface area contributed by atoms with Crippen molar-refractivity contribution in [2.75, 3.05) is 11.1 Å². The highest BCUT2D eigenvalue weighted by Crippen LogP contribution is 2.21. The smallest absolute Gasteiger partial charge is 0.248 e. The Morgan fingerprint density at radius 1 is 1.42 bits per heavy atom. The number of carbonyl (C=O) groups is 1. The lowest BCUT2D eigenvalue weighted by molar-refractivity contribution is 0.100. The zero-order valence-electron chi connectivity index (χ0n) is 10.7. The number of carbonyl (C=O) groups excluding carboxylic acids is 1. The first-order valence-corrected chi connectivity index (χ1v) is 6.04. The molecule has 0 fully saturated rings. The maximum atomic E-state index is 11.0. The molecule has 0 radical (unpaired) electrons. The number of anilines is 2. The molecule has 0 bridgehead atoms. The molecule has 0 aliphatic carbocycles. The maximum Gasteiger partial charge on any atom is 0.248 e. The molecule has 1 unspecified atom stereocenters. The number of nitrogen functional groups attached to an aromatic ring is 1. The van der Waals surface area contributed by atoms with Crippen molar-refractivity contribution >= 4 is 17.3 Å². The van der Waals surface area contributed by atoms with Gasteiger partial charge in [0.05, 0.1) is 17.6 Å². The predicted octanol–water partition coefficient (Wildman–Crippen LogP) is 2.00. The first-order valence-electron chi connectivity index (χ1n) is 6.04. The van der Waals surface area contributed by atoms with E-state index in [2.05, 4.69) is 5.32 Å². The standard InChI is InChI=1S/C14H17N3O2/c1-9(7-11-3-2-6-19-11)17-13-5-4-10(14(16)18)8-12(13)15/h2-6,8-9,17H,7,15H2,1H3,(H2,16,18). The second-order valence-corrected chi connectivity index (χ2v) is 4.50. The first kappa shape index (κ1) is 13.0. The Bertz CT molecular complexity index is 564. The van der Waals surface area contributed by atoms with Crippen LogP contribution in [0.15, 0.2) is 41.0 Å². The van der Waals surface area contributed by atoms with E-state index in [4.69, 9.17) is 15.9 Å². The normalized spacial score (nSPS) is 12.1. The molecule has 2 aromatic rings. The molecule has 0 spiro atoms. The van der Waals surface area contributed by atoms with Crippen LogP contribution in [0.25, 0.3) is 0 Å².